The smallest absolute Gasteiger partial charge is 0.231 e. The lowest BCUT2D eigenvalue weighted by Crippen LogP contribution is -2.42. The summed E-state index contributed by atoms with van der Waals surface area (Å²) in [5.41, 5.74) is 2.24. The summed E-state index contributed by atoms with van der Waals surface area (Å²) in [6, 6.07) is 12.7. The third-order valence-corrected chi connectivity index (χ3v) is 4.47. The average molecular weight is 329 g/mol. The number of halogens is 1. The maximum atomic E-state index is 13.0. The van der Waals surface area contributed by atoms with Crippen molar-refractivity contribution in [3.05, 3.63) is 59.4 Å². The van der Waals surface area contributed by atoms with Gasteiger partial charge in [0.25, 0.3) is 0 Å². The topological polar surface area (TPSA) is 30.9 Å². The number of hydrogen-bond acceptors (Lipinski definition) is 4. The molecule has 2 heterocycles. The van der Waals surface area contributed by atoms with Crippen LogP contribution < -0.4 is 9.47 Å². The molecule has 1 unspecified atom stereocenters. The van der Waals surface area contributed by atoms with Crippen LogP contribution in [0.5, 0.6) is 11.5 Å². The molecule has 0 saturated carbocycles. The third kappa shape index (κ3) is 3.37. The van der Waals surface area contributed by atoms with Crippen LogP contribution in [0.1, 0.15) is 11.1 Å². The van der Waals surface area contributed by atoms with E-state index < -0.39 is 0 Å². The Bertz CT molecular complexity index is 704. The summed E-state index contributed by atoms with van der Waals surface area (Å²) in [5, 5.41) is 0. The lowest BCUT2D eigenvalue weighted by Gasteiger charge is -2.33. The van der Waals surface area contributed by atoms with Crippen LogP contribution in [0.25, 0.3) is 0 Å². The van der Waals surface area contributed by atoms with Crippen molar-refractivity contribution in [3.8, 4) is 11.5 Å². The average Bonchev–Trinajstić information content (AvgIpc) is 3.07. The second-order valence-electron chi connectivity index (χ2n) is 6.21. The molecular weight excluding hydrogens is 309 g/mol. The van der Waals surface area contributed by atoms with E-state index in [4.69, 9.17) is 14.2 Å². The summed E-state index contributed by atoms with van der Waals surface area (Å²) in [6.07, 6.45) is 0.918. The summed E-state index contributed by atoms with van der Waals surface area (Å²) in [7, 11) is 0. The number of hydrogen-bond donors (Lipinski definition) is 0. The minimum Gasteiger partial charge on any atom is -0.454 e. The summed E-state index contributed by atoms with van der Waals surface area (Å²) >= 11 is 0. The summed E-state index contributed by atoms with van der Waals surface area (Å²) < 4.78 is 29.9. The Kier molecular flexibility index (Phi) is 4.36. The van der Waals surface area contributed by atoms with Gasteiger partial charge in [-0.1, -0.05) is 24.3 Å². The predicted octanol–water partition coefficient (Wildman–Crippen LogP) is 3.00. The molecule has 1 atom stereocenters. The Balaban J connectivity index is 1.40. The Labute approximate surface area is 140 Å². The first-order valence-corrected chi connectivity index (χ1v) is 8.24. The van der Waals surface area contributed by atoms with Crippen LogP contribution in [0.4, 0.5) is 4.39 Å². The first-order valence-electron chi connectivity index (χ1n) is 8.24. The number of ether oxygens (including phenoxy) is 3. The van der Waals surface area contributed by atoms with Crippen molar-refractivity contribution in [2.75, 3.05) is 26.5 Å². The lowest BCUT2D eigenvalue weighted by molar-refractivity contribution is -0.0306. The molecule has 24 heavy (non-hydrogen) atoms. The van der Waals surface area contributed by atoms with Gasteiger partial charge < -0.3 is 14.2 Å². The number of fused-ring (bicyclic) bond motifs is 1. The van der Waals surface area contributed by atoms with Crippen molar-refractivity contribution in [2.24, 2.45) is 0 Å². The van der Waals surface area contributed by atoms with Gasteiger partial charge in [0.1, 0.15) is 5.82 Å². The van der Waals surface area contributed by atoms with Gasteiger partial charge >= 0.3 is 0 Å². The number of morpholine rings is 1. The molecule has 0 aliphatic carbocycles. The van der Waals surface area contributed by atoms with E-state index in [1.165, 1.54) is 12.1 Å². The molecule has 5 heteroatoms. The second kappa shape index (κ2) is 6.79. The predicted molar refractivity (Wildman–Crippen MR) is 87.7 cm³/mol. The van der Waals surface area contributed by atoms with Gasteiger partial charge in [0.15, 0.2) is 11.5 Å². The Hall–Kier alpha value is -2.11. The van der Waals surface area contributed by atoms with Crippen molar-refractivity contribution in [1.29, 1.82) is 0 Å². The van der Waals surface area contributed by atoms with Crippen LogP contribution in [0, 0.1) is 5.82 Å². The van der Waals surface area contributed by atoms with Gasteiger partial charge in [-0.05, 0) is 30.2 Å². The molecule has 1 fully saturated rings. The van der Waals surface area contributed by atoms with Crippen molar-refractivity contribution in [1.82, 2.24) is 4.90 Å². The molecular formula is C19H20FNO3. The highest BCUT2D eigenvalue weighted by Crippen LogP contribution is 2.36. The van der Waals surface area contributed by atoms with Crippen molar-refractivity contribution < 1.29 is 18.6 Å². The molecule has 4 nitrogen and oxygen atoms in total. The largest absolute Gasteiger partial charge is 0.454 e. The molecule has 2 aliphatic heterocycles. The van der Waals surface area contributed by atoms with Gasteiger partial charge in [0, 0.05) is 25.2 Å². The van der Waals surface area contributed by atoms with Crippen LogP contribution in [0.15, 0.2) is 42.5 Å². The van der Waals surface area contributed by atoms with E-state index in [9.17, 15) is 4.39 Å². The highest BCUT2D eigenvalue weighted by Gasteiger charge is 2.24. The third-order valence-electron chi connectivity index (χ3n) is 4.47. The molecule has 0 spiro atoms. The van der Waals surface area contributed by atoms with Crippen LogP contribution in [0.2, 0.25) is 0 Å². The molecule has 1 saturated heterocycles. The van der Waals surface area contributed by atoms with Gasteiger partial charge in [-0.15, -0.1) is 0 Å². The zero-order valence-corrected chi connectivity index (χ0v) is 13.4. The monoisotopic (exact) mass is 329 g/mol. The van der Waals surface area contributed by atoms with Crippen LogP contribution in [-0.4, -0.2) is 37.5 Å². The van der Waals surface area contributed by atoms with E-state index >= 15 is 0 Å². The van der Waals surface area contributed by atoms with Crippen molar-refractivity contribution in [3.63, 3.8) is 0 Å². The minimum absolute atomic E-state index is 0.123. The van der Waals surface area contributed by atoms with Crippen molar-refractivity contribution >= 4 is 0 Å². The Morgan fingerprint density at radius 2 is 1.96 bits per heavy atom. The van der Waals surface area contributed by atoms with Crippen molar-refractivity contribution in [2.45, 2.75) is 19.1 Å². The summed E-state index contributed by atoms with van der Waals surface area (Å²) in [5.74, 6) is 1.48. The molecule has 4 rings (SSSR count). The molecule has 126 valence electrons. The molecule has 0 aromatic heterocycles. The van der Waals surface area contributed by atoms with Gasteiger partial charge in [-0.2, -0.15) is 0 Å². The van der Waals surface area contributed by atoms with E-state index in [1.807, 2.05) is 24.3 Å². The van der Waals surface area contributed by atoms with Gasteiger partial charge in [-0.25, -0.2) is 4.39 Å². The quantitative estimate of drug-likeness (QED) is 0.863. The zero-order valence-electron chi connectivity index (χ0n) is 13.4. The molecule has 2 aliphatic rings. The van der Waals surface area contributed by atoms with E-state index in [0.29, 0.717) is 13.4 Å². The SMILES string of the molecule is Fc1ccc(CC2CN(Cc3cccc4c3OCO4)CCO2)cc1. The van der Waals surface area contributed by atoms with E-state index in [2.05, 4.69) is 11.0 Å². The standard InChI is InChI=1S/C19H20FNO3/c20-16-6-4-14(5-7-16)10-17-12-21(8-9-22-17)11-15-2-1-3-18-19(15)24-13-23-18/h1-7,17H,8-13H2. The van der Waals surface area contributed by atoms with Crippen LogP contribution in [0.3, 0.4) is 0 Å². The normalized spacial score (nSPS) is 20.3. The highest BCUT2D eigenvalue weighted by atomic mass is 19.1. The molecule has 2 aromatic carbocycles. The maximum absolute atomic E-state index is 13.0. The molecule has 0 N–H and O–H groups in total. The van der Waals surface area contributed by atoms with E-state index in [1.54, 1.807) is 0 Å². The van der Waals surface area contributed by atoms with Crippen LogP contribution in [-0.2, 0) is 17.7 Å². The minimum atomic E-state index is -0.204. The van der Waals surface area contributed by atoms with Gasteiger partial charge in [-0.3, -0.25) is 4.90 Å². The van der Waals surface area contributed by atoms with Gasteiger partial charge in [0.05, 0.1) is 12.7 Å². The fourth-order valence-corrected chi connectivity index (χ4v) is 3.29. The second-order valence-corrected chi connectivity index (χ2v) is 6.21. The first kappa shape index (κ1) is 15.4. The van der Waals surface area contributed by atoms with Gasteiger partial charge in [0.2, 0.25) is 6.79 Å². The lowest BCUT2D eigenvalue weighted by atomic mass is 10.1. The Morgan fingerprint density at radius 1 is 1.08 bits per heavy atom. The Morgan fingerprint density at radius 3 is 2.83 bits per heavy atom. The highest BCUT2D eigenvalue weighted by molar-refractivity contribution is 5.48. The molecule has 2 aromatic rings. The van der Waals surface area contributed by atoms with E-state index in [0.717, 1.165) is 48.7 Å². The summed E-state index contributed by atoms with van der Waals surface area (Å²) in [4.78, 5) is 2.37. The van der Waals surface area contributed by atoms with E-state index in [-0.39, 0.29) is 11.9 Å². The molecule has 0 radical (unpaired) electrons. The number of rotatable bonds is 4. The fourth-order valence-electron chi connectivity index (χ4n) is 3.29. The molecule has 0 amide bonds. The number of nitrogens with zero attached hydrogens (tertiary/aromatic N) is 1. The maximum Gasteiger partial charge on any atom is 0.231 e. The van der Waals surface area contributed by atoms with Crippen LogP contribution >= 0.6 is 0 Å². The number of para-hydroxylation sites is 1. The number of benzene rings is 2. The zero-order chi connectivity index (χ0) is 16.4. The summed E-state index contributed by atoms with van der Waals surface area (Å²) in [6.45, 7) is 3.56. The first-order chi connectivity index (χ1) is 11.8. The molecule has 0 bridgehead atoms. The fraction of sp³-hybridized carbons (Fsp3) is 0.368.